The van der Waals surface area contributed by atoms with E-state index in [0.717, 1.165) is 18.1 Å². The summed E-state index contributed by atoms with van der Waals surface area (Å²) in [7, 11) is 0. The van der Waals surface area contributed by atoms with Crippen LogP contribution in [-0.2, 0) is 6.42 Å². The van der Waals surface area contributed by atoms with Gasteiger partial charge in [-0.15, -0.1) is 0 Å². The summed E-state index contributed by atoms with van der Waals surface area (Å²) in [6, 6.07) is 2.20. The van der Waals surface area contributed by atoms with Gasteiger partial charge in [0.2, 0.25) is 0 Å². The average molecular weight is 399 g/mol. The van der Waals surface area contributed by atoms with E-state index in [1.54, 1.807) is 0 Å². The third kappa shape index (κ3) is 7.08. The van der Waals surface area contributed by atoms with E-state index in [4.69, 9.17) is 0 Å². The lowest BCUT2D eigenvalue weighted by Crippen LogP contribution is -2.10. The summed E-state index contributed by atoms with van der Waals surface area (Å²) in [4.78, 5) is 9.94. The third-order valence-electron chi connectivity index (χ3n) is 4.71. The van der Waals surface area contributed by atoms with Crippen LogP contribution in [-0.4, -0.2) is 4.89 Å². The number of rotatable bonds is 10. The molecule has 1 atom stereocenters. The van der Waals surface area contributed by atoms with Gasteiger partial charge in [0.05, 0.1) is 0 Å². The van der Waals surface area contributed by atoms with Gasteiger partial charge in [0.15, 0.2) is 0 Å². The van der Waals surface area contributed by atoms with Crippen LogP contribution >= 0.6 is 22.3 Å². The molecular weight excluding hydrogens is 367 g/mol. The summed E-state index contributed by atoms with van der Waals surface area (Å²) in [5.41, 5.74) is 5.33. The Balaban J connectivity index is 2.47. The zero-order valence-electron chi connectivity index (χ0n) is 15.2. The van der Waals surface area contributed by atoms with Crippen molar-refractivity contribution in [2.75, 3.05) is 0 Å². The molecule has 0 saturated heterocycles. The molecule has 0 spiro atoms. The topological polar surface area (TPSA) is 20.2 Å². The third-order valence-corrected chi connectivity index (χ3v) is 6.72. The second kappa shape index (κ2) is 11.4. The molecule has 0 radical (unpaired) electrons. The first-order valence-electron chi connectivity index (χ1n) is 8.88. The summed E-state index contributed by atoms with van der Waals surface area (Å²) in [5.74, 6) is 0. The molecule has 1 aromatic rings. The van der Waals surface area contributed by atoms with Crippen molar-refractivity contribution in [1.29, 1.82) is 0 Å². The van der Waals surface area contributed by atoms with Crippen LogP contribution in [0.2, 0.25) is 0 Å². The molecule has 0 saturated carbocycles. The molecule has 0 aliphatic heterocycles. The van der Waals surface area contributed by atoms with Crippen molar-refractivity contribution < 1.29 is 4.89 Å². The van der Waals surface area contributed by atoms with Crippen LogP contribution in [0.3, 0.4) is 0 Å². The van der Waals surface area contributed by atoms with Gasteiger partial charge < -0.3 is 4.89 Å². The van der Waals surface area contributed by atoms with Crippen molar-refractivity contribution in [2.24, 2.45) is 0 Å². The Labute approximate surface area is 152 Å². The standard InChI is InChI=1S/C20H32BrOP/c1-5-6-7-8-9-10-11-12-13-14-19-15-20(23(21)22)18(4)16(2)17(19)3/h10-11,15,22H,5-9,12-14H2,1-4H3/b11-10+. The van der Waals surface area contributed by atoms with Crippen LogP contribution in [0.15, 0.2) is 18.2 Å². The minimum Gasteiger partial charge on any atom is -0.359 e. The summed E-state index contributed by atoms with van der Waals surface area (Å²) in [5, 5.41) is 1.07. The zero-order chi connectivity index (χ0) is 17.2. The Bertz CT molecular complexity index is 509. The second-order valence-corrected chi connectivity index (χ2v) is 9.42. The van der Waals surface area contributed by atoms with Crippen LogP contribution in [0, 0.1) is 20.8 Å². The maximum absolute atomic E-state index is 9.94. The SMILES string of the molecule is CCCCCC/C=C/CCCc1cc(P(O)Br)c(C)c(C)c1C. The summed E-state index contributed by atoms with van der Waals surface area (Å²) in [6.07, 6.45) is 14.7. The van der Waals surface area contributed by atoms with E-state index in [0.29, 0.717) is 0 Å². The van der Waals surface area contributed by atoms with Crippen LogP contribution in [0.4, 0.5) is 0 Å². The molecule has 1 unspecified atom stereocenters. The van der Waals surface area contributed by atoms with E-state index in [2.05, 4.69) is 61.4 Å². The summed E-state index contributed by atoms with van der Waals surface area (Å²) < 4.78 is 0. The Morgan fingerprint density at radius 2 is 1.61 bits per heavy atom. The van der Waals surface area contributed by atoms with Crippen molar-refractivity contribution in [2.45, 2.75) is 79.1 Å². The molecule has 1 aromatic carbocycles. The minimum atomic E-state index is -1.19. The number of benzene rings is 1. The van der Waals surface area contributed by atoms with Gasteiger partial charge in [-0.2, -0.15) is 0 Å². The second-order valence-electron chi connectivity index (χ2n) is 6.40. The first kappa shape index (κ1) is 20.9. The smallest absolute Gasteiger partial charge is 0.128 e. The lowest BCUT2D eigenvalue weighted by molar-refractivity contribution is 0.651. The van der Waals surface area contributed by atoms with Crippen LogP contribution in [0.1, 0.15) is 74.1 Å². The lowest BCUT2D eigenvalue weighted by Gasteiger charge is -2.16. The Kier molecular flexibility index (Phi) is 10.3. The predicted octanol–water partition coefficient (Wildman–Crippen LogP) is 6.79. The fraction of sp³-hybridized carbons (Fsp3) is 0.600. The van der Waals surface area contributed by atoms with Crippen molar-refractivity contribution in [3.63, 3.8) is 0 Å². The first-order chi connectivity index (χ1) is 11.0. The van der Waals surface area contributed by atoms with Gasteiger partial charge in [-0.25, -0.2) is 0 Å². The molecule has 0 aliphatic carbocycles. The maximum atomic E-state index is 9.94. The van der Waals surface area contributed by atoms with Gasteiger partial charge >= 0.3 is 0 Å². The largest absolute Gasteiger partial charge is 0.359 e. The number of halogens is 1. The number of hydrogen-bond acceptors (Lipinski definition) is 1. The van der Waals surface area contributed by atoms with Gasteiger partial charge in [0, 0.05) is 5.30 Å². The van der Waals surface area contributed by atoms with Gasteiger partial charge in [-0.1, -0.05) is 38.3 Å². The normalized spacial score (nSPS) is 13.0. The Hall–Kier alpha value is -0.170. The van der Waals surface area contributed by atoms with Gasteiger partial charge in [-0.3, -0.25) is 0 Å². The highest BCUT2D eigenvalue weighted by Crippen LogP contribution is 2.40. The molecule has 0 aliphatic rings. The van der Waals surface area contributed by atoms with Crippen LogP contribution in [0.25, 0.3) is 0 Å². The van der Waals surface area contributed by atoms with Gasteiger partial charge in [-0.05, 0) is 96.7 Å². The van der Waals surface area contributed by atoms with E-state index in [1.807, 2.05) is 0 Å². The van der Waals surface area contributed by atoms with Crippen molar-refractivity contribution >= 4 is 27.6 Å². The highest BCUT2D eigenvalue weighted by atomic mass is 79.9. The first-order valence-corrected chi connectivity index (χ1v) is 12.2. The fourth-order valence-corrected chi connectivity index (χ4v) is 4.69. The highest BCUT2D eigenvalue weighted by Gasteiger charge is 2.13. The van der Waals surface area contributed by atoms with Crippen LogP contribution < -0.4 is 5.30 Å². The maximum Gasteiger partial charge on any atom is 0.128 e. The zero-order valence-corrected chi connectivity index (χ0v) is 17.6. The van der Waals surface area contributed by atoms with E-state index < -0.39 is 6.85 Å². The molecule has 1 nitrogen and oxygen atoms in total. The van der Waals surface area contributed by atoms with E-state index in [9.17, 15) is 4.89 Å². The molecule has 0 heterocycles. The van der Waals surface area contributed by atoms with Crippen molar-refractivity contribution in [3.8, 4) is 0 Å². The number of allylic oxidation sites excluding steroid dienone is 2. The van der Waals surface area contributed by atoms with Gasteiger partial charge in [0.1, 0.15) is 6.85 Å². The Morgan fingerprint density at radius 1 is 0.957 bits per heavy atom. The quantitative estimate of drug-likeness (QED) is 0.261. The highest BCUT2D eigenvalue weighted by molar-refractivity contribution is 9.39. The molecule has 0 aromatic heterocycles. The molecule has 130 valence electrons. The number of aryl methyl sites for hydroxylation is 1. The number of hydrogen-bond donors (Lipinski definition) is 1. The molecule has 0 fully saturated rings. The van der Waals surface area contributed by atoms with E-state index in [1.165, 1.54) is 60.8 Å². The van der Waals surface area contributed by atoms with Gasteiger partial charge in [0.25, 0.3) is 0 Å². The molecule has 0 amide bonds. The Morgan fingerprint density at radius 3 is 2.22 bits per heavy atom. The number of unbranched alkanes of at least 4 members (excludes halogenated alkanes) is 5. The lowest BCUT2D eigenvalue weighted by atomic mass is 9.95. The van der Waals surface area contributed by atoms with Crippen molar-refractivity contribution in [3.05, 3.63) is 40.5 Å². The molecule has 23 heavy (non-hydrogen) atoms. The van der Waals surface area contributed by atoms with E-state index >= 15 is 0 Å². The van der Waals surface area contributed by atoms with E-state index in [-0.39, 0.29) is 0 Å². The van der Waals surface area contributed by atoms with Crippen LogP contribution in [0.5, 0.6) is 0 Å². The van der Waals surface area contributed by atoms with Crippen molar-refractivity contribution in [1.82, 2.24) is 0 Å². The molecule has 0 bridgehead atoms. The minimum absolute atomic E-state index is 1.07. The predicted molar refractivity (Wildman–Crippen MR) is 109 cm³/mol. The monoisotopic (exact) mass is 398 g/mol. The fourth-order valence-electron chi connectivity index (χ4n) is 2.88. The average Bonchev–Trinajstić information content (AvgIpc) is 2.52. The molecule has 3 heteroatoms. The summed E-state index contributed by atoms with van der Waals surface area (Å²) >= 11 is 3.36. The molecular formula is C20H32BrOP. The molecule has 1 rings (SSSR count). The molecule has 1 N–H and O–H groups in total. The summed E-state index contributed by atoms with van der Waals surface area (Å²) in [6.45, 7) is 7.54.